The van der Waals surface area contributed by atoms with Gasteiger partial charge in [0.2, 0.25) is 0 Å². The Morgan fingerprint density at radius 2 is 1.87 bits per heavy atom. The number of benzene rings is 2. The van der Waals surface area contributed by atoms with Crippen molar-refractivity contribution in [2.24, 2.45) is 0 Å². The molecule has 162 valence electrons. The number of nitrogens with one attached hydrogen (secondary N) is 1. The maximum atomic E-state index is 12.9. The molecule has 1 aliphatic rings. The lowest BCUT2D eigenvalue weighted by molar-refractivity contribution is 0.102. The van der Waals surface area contributed by atoms with Crippen molar-refractivity contribution in [1.29, 1.82) is 0 Å². The summed E-state index contributed by atoms with van der Waals surface area (Å²) in [4.78, 5) is 12.9. The van der Waals surface area contributed by atoms with Gasteiger partial charge in [-0.25, -0.2) is 8.42 Å². The van der Waals surface area contributed by atoms with Crippen molar-refractivity contribution in [2.45, 2.75) is 26.3 Å². The molecule has 1 aliphatic heterocycles. The van der Waals surface area contributed by atoms with E-state index < -0.39 is 9.84 Å². The number of hydrogen-bond donors (Lipinski definition) is 1. The molecular formula is C23H25N3O4S. The lowest BCUT2D eigenvalue weighted by atomic mass is 10.1. The third-order valence-corrected chi connectivity index (χ3v) is 7.04. The van der Waals surface area contributed by atoms with Gasteiger partial charge in [0.15, 0.2) is 15.5 Å². The standard InChI is InChI=1S/C23H25N3O4S/c1-3-30-20-10-8-18(9-11-20)24-23(27)21-14-22(17-6-4-16(2)5-7-17)26(25-21)19-12-13-31(28,29)15-19/h4-11,14,19H,3,12-13,15H2,1-2H3,(H,24,27). The first-order chi connectivity index (χ1) is 14.8. The van der Waals surface area contributed by atoms with E-state index in [1.54, 1.807) is 35.0 Å². The topological polar surface area (TPSA) is 90.3 Å². The maximum absolute atomic E-state index is 12.9. The molecule has 0 radical (unpaired) electrons. The molecule has 1 saturated heterocycles. The van der Waals surface area contributed by atoms with Crippen molar-refractivity contribution in [1.82, 2.24) is 9.78 Å². The molecule has 1 amide bonds. The summed E-state index contributed by atoms with van der Waals surface area (Å²) >= 11 is 0. The number of carbonyl (C=O) groups is 1. The summed E-state index contributed by atoms with van der Waals surface area (Å²) in [6.07, 6.45) is 0.489. The van der Waals surface area contributed by atoms with Crippen LogP contribution in [0.1, 0.15) is 35.4 Å². The zero-order valence-corrected chi connectivity index (χ0v) is 18.4. The Labute approximate surface area is 182 Å². The van der Waals surface area contributed by atoms with E-state index in [9.17, 15) is 13.2 Å². The normalized spacial score (nSPS) is 17.4. The average Bonchev–Trinajstić information content (AvgIpc) is 3.34. The molecule has 1 atom stereocenters. The number of carbonyl (C=O) groups excluding carboxylic acids is 1. The lowest BCUT2D eigenvalue weighted by Gasteiger charge is -2.13. The summed E-state index contributed by atoms with van der Waals surface area (Å²) in [6, 6.07) is 16.4. The minimum Gasteiger partial charge on any atom is -0.494 e. The van der Waals surface area contributed by atoms with Gasteiger partial charge in [-0.05, 0) is 56.2 Å². The molecule has 8 heteroatoms. The molecule has 1 unspecified atom stereocenters. The van der Waals surface area contributed by atoms with Gasteiger partial charge in [0, 0.05) is 5.69 Å². The van der Waals surface area contributed by atoms with Crippen molar-refractivity contribution in [2.75, 3.05) is 23.4 Å². The molecule has 2 heterocycles. The fraction of sp³-hybridized carbons (Fsp3) is 0.304. The molecule has 0 saturated carbocycles. The second kappa shape index (κ2) is 8.55. The highest BCUT2D eigenvalue weighted by atomic mass is 32.2. The molecule has 1 aromatic heterocycles. The minimum atomic E-state index is -3.09. The Morgan fingerprint density at radius 3 is 2.48 bits per heavy atom. The smallest absolute Gasteiger partial charge is 0.276 e. The van der Waals surface area contributed by atoms with E-state index in [0.29, 0.717) is 18.7 Å². The first-order valence-electron chi connectivity index (χ1n) is 10.3. The van der Waals surface area contributed by atoms with Crippen LogP contribution in [0.15, 0.2) is 54.6 Å². The van der Waals surface area contributed by atoms with Crippen molar-refractivity contribution < 1.29 is 17.9 Å². The first-order valence-corrected chi connectivity index (χ1v) is 12.1. The van der Waals surface area contributed by atoms with E-state index in [1.807, 2.05) is 38.1 Å². The van der Waals surface area contributed by atoms with Gasteiger partial charge in [-0.3, -0.25) is 9.48 Å². The number of rotatable bonds is 6. The number of sulfone groups is 1. The summed E-state index contributed by atoms with van der Waals surface area (Å²) in [5.41, 5.74) is 3.62. The predicted octanol–water partition coefficient (Wildman–Crippen LogP) is 3.87. The molecule has 1 fully saturated rings. The minimum absolute atomic E-state index is 0.0352. The molecule has 7 nitrogen and oxygen atoms in total. The van der Waals surface area contributed by atoms with Crippen molar-refractivity contribution in [3.8, 4) is 17.0 Å². The SMILES string of the molecule is CCOc1ccc(NC(=O)c2cc(-c3ccc(C)cc3)n(C3CCS(=O)(=O)C3)n2)cc1. The summed E-state index contributed by atoms with van der Waals surface area (Å²) in [6.45, 7) is 4.48. The van der Waals surface area contributed by atoms with Gasteiger partial charge < -0.3 is 10.1 Å². The molecule has 2 aromatic carbocycles. The van der Waals surface area contributed by atoms with E-state index >= 15 is 0 Å². The number of aryl methyl sites for hydroxylation is 1. The number of amides is 1. The summed E-state index contributed by atoms with van der Waals surface area (Å²) in [5, 5.41) is 7.36. The van der Waals surface area contributed by atoms with Gasteiger partial charge in [0.25, 0.3) is 5.91 Å². The van der Waals surface area contributed by atoms with E-state index in [4.69, 9.17) is 4.74 Å². The van der Waals surface area contributed by atoms with Crippen LogP contribution in [0.3, 0.4) is 0 Å². The van der Waals surface area contributed by atoms with Crippen LogP contribution in [0.4, 0.5) is 5.69 Å². The second-order valence-corrected chi connectivity index (χ2v) is 9.92. The quantitative estimate of drug-likeness (QED) is 0.630. The number of nitrogens with zero attached hydrogens (tertiary/aromatic N) is 2. The molecule has 31 heavy (non-hydrogen) atoms. The van der Waals surface area contributed by atoms with Crippen LogP contribution < -0.4 is 10.1 Å². The van der Waals surface area contributed by atoms with E-state index in [2.05, 4.69) is 10.4 Å². The van der Waals surface area contributed by atoms with Crippen LogP contribution in [0.5, 0.6) is 5.75 Å². The maximum Gasteiger partial charge on any atom is 0.276 e. The zero-order valence-electron chi connectivity index (χ0n) is 17.5. The van der Waals surface area contributed by atoms with E-state index in [-0.39, 0.29) is 29.1 Å². The summed E-state index contributed by atoms with van der Waals surface area (Å²) in [5.74, 6) is 0.553. The van der Waals surface area contributed by atoms with Crippen LogP contribution in [0.2, 0.25) is 0 Å². The van der Waals surface area contributed by atoms with Gasteiger partial charge in [-0.1, -0.05) is 29.8 Å². The van der Waals surface area contributed by atoms with Crippen molar-refractivity contribution in [3.63, 3.8) is 0 Å². The third kappa shape index (κ3) is 4.80. The Balaban J connectivity index is 1.64. The number of aromatic nitrogens is 2. The average molecular weight is 440 g/mol. The Bertz CT molecular complexity index is 1180. The third-order valence-electron chi connectivity index (χ3n) is 5.29. The lowest BCUT2D eigenvalue weighted by Crippen LogP contribution is -2.16. The number of hydrogen-bond acceptors (Lipinski definition) is 5. The predicted molar refractivity (Wildman–Crippen MR) is 120 cm³/mol. The molecule has 4 rings (SSSR count). The molecule has 3 aromatic rings. The molecule has 1 N–H and O–H groups in total. The van der Waals surface area contributed by atoms with Crippen LogP contribution >= 0.6 is 0 Å². The Morgan fingerprint density at radius 1 is 1.16 bits per heavy atom. The zero-order chi connectivity index (χ0) is 22.0. The van der Waals surface area contributed by atoms with Gasteiger partial charge in [-0.2, -0.15) is 5.10 Å². The van der Waals surface area contributed by atoms with Crippen LogP contribution in [-0.4, -0.2) is 42.2 Å². The highest BCUT2D eigenvalue weighted by molar-refractivity contribution is 7.91. The van der Waals surface area contributed by atoms with Gasteiger partial charge in [-0.15, -0.1) is 0 Å². The molecular weight excluding hydrogens is 414 g/mol. The largest absolute Gasteiger partial charge is 0.494 e. The fourth-order valence-corrected chi connectivity index (χ4v) is 5.38. The fourth-order valence-electron chi connectivity index (χ4n) is 3.69. The molecule has 0 aliphatic carbocycles. The Kier molecular flexibility index (Phi) is 5.82. The Hall–Kier alpha value is -3.13. The summed E-state index contributed by atoms with van der Waals surface area (Å²) in [7, 11) is -3.09. The second-order valence-electron chi connectivity index (χ2n) is 7.69. The van der Waals surface area contributed by atoms with Crippen molar-refractivity contribution >= 4 is 21.4 Å². The van der Waals surface area contributed by atoms with Crippen LogP contribution in [0.25, 0.3) is 11.3 Å². The van der Waals surface area contributed by atoms with Gasteiger partial charge in [0.05, 0.1) is 29.8 Å². The highest BCUT2D eigenvalue weighted by Crippen LogP contribution is 2.30. The van der Waals surface area contributed by atoms with Crippen LogP contribution in [0, 0.1) is 6.92 Å². The van der Waals surface area contributed by atoms with Crippen molar-refractivity contribution in [3.05, 3.63) is 65.9 Å². The van der Waals surface area contributed by atoms with Crippen LogP contribution in [-0.2, 0) is 9.84 Å². The van der Waals surface area contributed by atoms with E-state index in [1.165, 1.54) is 0 Å². The number of anilines is 1. The highest BCUT2D eigenvalue weighted by Gasteiger charge is 2.32. The molecule has 0 bridgehead atoms. The first kappa shape index (κ1) is 21.1. The summed E-state index contributed by atoms with van der Waals surface area (Å²) < 4.78 is 31.2. The monoisotopic (exact) mass is 439 g/mol. The molecule has 0 spiro atoms. The number of ether oxygens (including phenoxy) is 1. The van der Waals surface area contributed by atoms with Gasteiger partial charge >= 0.3 is 0 Å². The van der Waals surface area contributed by atoms with E-state index in [0.717, 1.165) is 22.6 Å². The van der Waals surface area contributed by atoms with Gasteiger partial charge in [0.1, 0.15) is 5.75 Å².